The summed E-state index contributed by atoms with van der Waals surface area (Å²) in [5.74, 6) is 1.05. The van der Waals surface area contributed by atoms with Crippen molar-refractivity contribution in [3.05, 3.63) is 59.7 Å². The molecule has 0 aromatic heterocycles. The largest absolute Gasteiger partial charge is 0.497 e. The van der Waals surface area contributed by atoms with Gasteiger partial charge in [-0.2, -0.15) is 0 Å². The van der Waals surface area contributed by atoms with E-state index in [-0.39, 0.29) is 37.1 Å². The van der Waals surface area contributed by atoms with Crippen molar-refractivity contribution in [2.24, 2.45) is 0 Å². The van der Waals surface area contributed by atoms with Gasteiger partial charge in [-0.1, -0.05) is 12.1 Å². The molecule has 1 fully saturated rings. The molecule has 0 spiro atoms. The Kier molecular flexibility index (Phi) is 6.49. The van der Waals surface area contributed by atoms with Crippen LogP contribution in [0.4, 0.5) is 0 Å². The summed E-state index contributed by atoms with van der Waals surface area (Å²) < 4.78 is 10.8. The Hall–Kier alpha value is -3.35. The molecule has 0 saturated carbocycles. The third-order valence-electron chi connectivity index (χ3n) is 4.80. The summed E-state index contributed by atoms with van der Waals surface area (Å²) in [4.78, 5) is 38.8. The van der Waals surface area contributed by atoms with Crippen LogP contribution in [0, 0.1) is 0 Å². The fourth-order valence-electron chi connectivity index (χ4n) is 3.03. The molecule has 0 bridgehead atoms. The monoisotopic (exact) mass is 396 g/mol. The van der Waals surface area contributed by atoms with Crippen LogP contribution >= 0.6 is 0 Å². The number of nitrogens with zero attached hydrogens (tertiary/aromatic N) is 2. The van der Waals surface area contributed by atoms with Crippen molar-refractivity contribution < 1.29 is 23.9 Å². The quantitative estimate of drug-likeness (QED) is 0.641. The maximum Gasteiger partial charge on any atom is 0.253 e. The highest BCUT2D eigenvalue weighted by atomic mass is 16.5. The Morgan fingerprint density at radius 1 is 0.966 bits per heavy atom. The van der Waals surface area contributed by atoms with Gasteiger partial charge in [-0.3, -0.25) is 19.3 Å². The van der Waals surface area contributed by atoms with Crippen LogP contribution in [0.5, 0.6) is 11.5 Å². The van der Waals surface area contributed by atoms with Crippen LogP contribution in [0.3, 0.4) is 0 Å². The first-order valence-electron chi connectivity index (χ1n) is 9.42. The number of rotatable bonds is 8. The first kappa shape index (κ1) is 20.4. The predicted octanol–water partition coefficient (Wildman–Crippen LogP) is 2.50. The standard InChI is InChI=1S/C22H24N2O5/c1-23(13-14-29-19-9-7-18(28-2)8-10-19)22(27)17-5-3-16(4-6-17)15-24-20(25)11-12-21(24)26/h3-10H,11-15H2,1-2H3. The van der Waals surface area contributed by atoms with Crippen LogP contribution < -0.4 is 9.47 Å². The zero-order valence-electron chi connectivity index (χ0n) is 16.6. The van der Waals surface area contributed by atoms with Gasteiger partial charge in [0.05, 0.1) is 20.2 Å². The molecule has 3 rings (SSSR count). The summed E-state index contributed by atoms with van der Waals surface area (Å²) in [6.07, 6.45) is 0.553. The lowest BCUT2D eigenvalue weighted by Gasteiger charge is -2.18. The maximum atomic E-state index is 12.6. The molecule has 1 heterocycles. The van der Waals surface area contributed by atoms with Crippen LogP contribution in [0.15, 0.2) is 48.5 Å². The Balaban J connectivity index is 1.49. The second-order valence-electron chi connectivity index (χ2n) is 6.82. The van der Waals surface area contributed by atoms with Gasteiger partial charge in [0.2, 0.25) is 11.8 Å². The number of amides is 3. The lowest BCUT2D eigenvalue weighted by molar-refractivity contribution is -0.139. The van der Waals surface area contributed by atoms with Crippen LogP contribution in [0.2, 0.25) is 0 Å². The van der Waals surface area contributed by atoms with Gasteiger partial charge >= 0.3 is 0 Å². The molecule has 0 atom stereocenters. The molecule has 1 saturated heterocycles. The number of hydrogen-bond acceptors (Lipinski definition) is 5. The first-order chi connectivity index (χ1) is 14.0. The normalized spacial score (nSPS) is 13.5. The molecule has 7 heteroatoms. The number of benzene rings is 2. The van der Waals surface area contributed by atoms with E-state index in [2.05, 4.69) is 0 Å². The van der Waals surface area contributed by atoms with Crippen molar-refractivity contribution in [2.45, 2.75) is 19.4 Å². The van der Waals surface area contributed by atoms with E-state index in [1.807, 2.05) is 24.3 Å². The number of methoxy groups -OCH3 is 1. The molecule has 29 heavy (non-hydrogen) atoms. The summed E-state index contributed by atoms with van der Waals surface area (Å²) in [5, 5.41) is 0. The number of ether oxygens (including phenoxy) is 2. The fraction of sp³-hybridized carbons (Fsp3) is 0.318. The molecule has 1 aliphatic rings. The van der Waals surface area contributed by atoms with Gasteiger partial charge in [-0.25, -0.2) is 0 Å². The summed E-state index contributed by atoms with van der Waals surface area (Å²) in [6, 6.07) is 14.2. The summed E-state index contributed by atoms with van der Waals surface area (Å²) in [5.41, 5.74) is 1.36. The molecule has 0 radical (unpaired) electrons. The number of hydrogen-bond donors (Lipinski definition) is 0. The third kappa shape index (κ3) is 5.13. The first-order valence-corrected chi connectivity index (χ1v) is 9.42. The molecule has 2 aromatic carbocycles. The lowest BCUT2D eigenvalue weighted by atomic mass is 10.1. The molecule has 1 aliphatic heterocycles. The van der Waals surface area contributed by atoms with Gasteiger partial charge in [-0.15, -0.1) is 0 Å². The molecular formula is C22H24N2O5. The summed E-state index contributed by atoms with van der Waals surface area (Å²) >= 11 is 0. The van der Waals surface area contributed by atoms with Gasteiger partial charge in [0.25, 0.3) is 5.91 Å². The van der Waals surface area contributed by atoms with Crippen molar-refractivity contribution in [1.82, 2.24) is 9.80 Å². The van der Waals surface area contributed by atoms with Crippen molar-refractivity contribution in [2.75, 3.05) is 27.3 Å². The Bertz CT molecular complexity index is 861. The number of imide groups is 1. The molecule has 3 amide bonds. The average Bonchev–Trinajstić information content (AvgIpc) is 3.06. The SMILES string of the molecule is COc1ccc(OCCN(C)C(=O)c2ccc(CN3C(=O)CCC3=O)cc2)cc1. The zero-order chi connectivity index (χ0) is 20.8. The van der Waals surface area contributed by atoms with Gasteiger partial charge in [-0.05, 0) is 42.0 Å². The van der Waals surface area contributed by atoms with Crippen molar-refractivity contribution in [3.8, 4) is 11.5 Å². The van der Waals surface area contributed by atoms with E-state index in [0.717, 1.165) is 11.3 Å². The molecule has 2 aromatic rings. The molecule has 0 N–H and O–H groups in total. The molecule has 7 nitrogen and oxygen atoms in total. The minimum atomic E-state index is -0.147. The second kappa shape index (κ2) is 9.23. The fourth-order valence-corrected chi connectivity index (χ4v) is 3.03. The smallest absolute Gasteiger partial charge is 0.253 e. The lowest BCUT2D eigenvalue weighted by Crippen LogP contribution is -2.31. The van der Waals surface area contributed by atoms with Crippen LogP contribution in [-0.2, 0) is 16.1 Å². The van der Waals surface area contributed by atoms with Crippen molar-refractivity contribution >= 4 is 17.7 Å². The van der Waals surface area contributed by atoms with E-state index in [1.165, 1.54) is 4.90 Å². The highest BCUT2D eigenvalue weighted by Gasteiger charge is 2.28. The Morgan fingerprint density at radius 2 is 1.55 bits per heavy atom. The van der Waals surface area contributed by atoms with Gasteiger partial charge < -0.3 is 14.4 Å². The average molecular weight is 396 g/mol. The molecule has 0 unspecified atom stereocenters. The van der Waals surface area contributed by atoms with E-state index in [1.54, 1.807) is 43.3 Å². The molecule has 0 aliphatic carbocycles. The third-order valence-corrected chi connectivity index (χ3v) is 4.80. The molecular weight excluding hydrogens is 372 g/mol. The number of carbonyl (C=O) groups is 3. The van der Waals surface area contributed by atoms with E-state index in [0.29, 0.717) is 24.5 Å². The minimum Gasteiger partial charge on any atom is -0.497 e. The summed E-state index contributed by atoms with van der Waals surface area (Å²) in [6.45, 7) is 1.05. The van der Waals surface area contributed by atoms with E-state index >= 15 is 0 Å². The van der Waals surface area contributed by atoms with Gasteiger partial charge in [0, 0.05) is 25.5 Å². The van der Waals surface area contributed by atoms with Crippen LogP contribution in [0.25, 0.3) is 0 Å². The predicted molar refractivity (Wildman–Crippen MR) is 107 cm³/mol. The van der Waals surface area contributed by atoms with Crippen LogP contribution in [0.1, 0.15) is 28.8 Å². The Morgan fingerprint density at radius 3 is 2.14 bits per heavy atom. The number of carbonyl (C=O) groups excluding carboxylic acids is 3. The number of likely N-dealkylation sites (N-methyl/N-ethyl adjacent to an activating group) is 1. The topological polar surface area (TPSA) is 76.2 Å². The van der Waals surface area contributed by atoms with Gasteiger partial charge in [0.15, 0.2) is 0 Å². The van der Waals surface area contributed by atoms with Crippen molar-refractivity contribution in [1.29, 1.82) is 0 Å². The second-order valence-corrected chi connectivity index (χ2v) is 6.82. The highest BCUT2D eigenvalue weighted by molar-refractivity contribution is 6.01. The zero-order valence-corrected chi connectivity index (χ0v) is 16.6. The maximum absolute atomic E-state index is 12.6. The van der Waals surface area contributed by atoms with Crippen LogP contribution in [-0.4, -0.2) is 54.8 Å². The van der Waals surface area contributed by atoms with Gasteiger partial charge in [0.1, 0.15) is 18.1 Å². The van der Waals surface area contributed by atoms with E-state index in [4.69, 9.17) is 9.47 Å². The highest BCUT2D eigenvalue weighted by Crippen LogP contribution is 2.18. The Labute approximate surface area is 169 Å². The minimum absolute atomic E-state index is 0.122. The van der Waals surface area contributed by atoms with Crippen molar-refractivity contribution in [3.63, 3.8) is 0 Å². The summed E-state index contributed by atoms with van der Waals surface area (Å²) in [7, 11) is 3.32. The number of likely N-dealkylation sites (tertiary alicyclic amines) is 1. The molecule has 152 valence electrons. The van der Waals surface area contributed by atoms with E-state index < -0.39 is 0 Å². The van der Waals surface area contributed by atoms with E-state index in [9.17, 15) is 14.4 Å².